The lowest BCUT2D eigenvalue weighted by molar-refractivity contribution is -0.145. The molecule has 0 radical (unpaired) electrons. The minimum Gasteiger partial charge on any atom is -0.490 e. The number of thiophene rings is 4. The number of hydrogen-bond acceptors (Lipinski definition) is 14. The zero-order valence-electron chi connectivity index (χ0n) is 50.6. The summed E-state index contributed by atoms with van der Waals surface area (Å²) in [5.74, 6) is 1.03. The second-order valence-electron chi connectivity index (χ2n) is 22.1. The van der Waals surface area contributed by atoms with Crippen molar-refractivity contribution in [2.45, 2.75) is 240 Å². The molecule has 0 saturated carbocycles. The van der Waals surface area contributed by atoms with Crippen LogP contribution in [0.4, 0.5) is 0 Å². The first kappa shape index (κ1) is 67.9. The fourth-order valence-electron chi connectivity index (χ4n) is 10.1. The molecule has 84 heavy (non-hydrogen) atoms. The average Bonchev–Trinajstić information content (AvgIpc) is 4.22. The summed E-state index contributed by atoms with van der Waals surface area (Å²) in [7, 11) is 0. The molecule has 0 bridgehead atoms. The number of benzene rings is 1. The number of H-pyrrole nitrogens is 2. The SMILES string of the molecule is CCCCCCCCCCCCOc1cc(COC(=O)c2ccc(-c3ccc(-c4ccc(-c5ccc(COC(=O)CCn6c(=O)[nH]c(=O)[nH]c6=O)s5)s4)s3)s2)cc(OCCCCCCCCCCCC)c1OCCCCCCCCCCCC. The Morgan fingerprint density at radius 3 is 1.26 bits per heavy atom. The zero-order valence-corrected chi connectivity index (χ0v) is 53.9. The number of carbonyl (C=O) groups is 2. The molecule has 462 valence electrons. The Labute approximate surface area is 515 Å². The number of nitrogens with one attached hydrogen (secondary N) is 2. The van der Waals surface area contributed by atoms with Gasteiger partial charge in [0.25, 0.3) is 0 Å². The minimum absolute atomic E-state index is 0.0517. The van der Waals surface area contributed by atoms with Crippen LogP contribution < -0.4 is 31.3 Å². The van der Waals surface area contributed by atoms with Gasteiger partial charge < -0.3 is 23.7 Å². The molecule has 17 heteroatoms. The van der Waals surface area contributed by atoms with Gasteiger partial charge in [-0.1, -0.05) is 194 Å². The predicted molar refractivity (Wildman–Crippen MR) is 348 cm³/mol. The van der Waals surface area contributed by atoms with E-state index in [2.05, 4.69) is 45.0 Å². The molecule has 13 nitrogen and oxygen atoms in total. The Balaban J connectivity index is 1.05. The Morgan fingerprint density at radius 2 is 0.810 bits per heavy atom. The summed E-state index contributed by atoms with van der Waals surface area (Å²) in [6.45, 7) is 8.47. The third-order valence-electron chi connectivity index (χ3n) is 15.0. The van der Waals surface area contributed by atoms with E-state index in [0.29, 0.717) is 41.9 Å². The molecule has 0 fully saturated rings. The van der Waals surface area contributed by atoms with Crippen molar-refractivity contribution >= 4 is 57.3 Å². The van der Waals surface area contributed by atoms with Gasteiger partial charge in [0.05, 0.1) is 26.2 Å². The molecule has 6 aromatic rings. The van der Waals surface area contributed by atoms with Crippen LogP contribution >= 0.6 is 45.3 Å². The first-order valence-corrected chi connectivity index (χ1v) is 35.1. The monoisotopic (exact) mass is 1230 g/mol. The number of esters is 2. The number of carbonyl (C=O) groups excluding carboxylic acids is 2. The third kappa shape index (κ3) is 25.0. The van der Waals surface area contributed by atoms with E-state index < -0.39 is 23.0 Å². The Hall–Kier alpha value is -5.23. The highest BCUT2D eigenvalue weighted by molar-refractivity contribution is 7.28. The molecule has 0 saturated heterocycles. The molecular weight excluding hydrogens is 1140 g/mol. The lowest BCUT2D eigenvalue weighted by Crippen LogP contribution is -2.43. The highest BCUT2D eigenvalue weighted by Gasteiger charge is 2.20. The standard InChI is InChI=1S/C67H95N3O10S4/c1-4-7-10-13-16-19-22-25-28-31-44-76-53-47-51(48-54(77-45-32-29-26-23-20-17-14-11-8-5-2)63(53)78-46-33-30-27-24-21-18-15-12-9-6-3)49-80-64(72)61-41-40-60(84-61)59-39-38-58(83-59)57-37-36-56(82-57)55-35-34-52(81-55)50-79-62(71)42-43-70-66(74)68-65(73)69-67(70)75/h34-41,47-48H,4-33,42-46,49-50H2,1-3H3,(H2,68,69,73,74,75). The number of aromatic amines is 2. The van der Waals surface area contributed by atoms with Crippen molar-refractivity contribution in [3.63, 3.8) is 0 Å². The first-order chi connectivity index (χ1) is 41.1. The lowest BCUT2D eigenvalue weighted by atomic mass is 10.1. The van der Waals surface area contributed by atoms with Gasteiger partial charge >= 0.3 is 29.0 Å². The van der Waals surface area contributed by atoms with Crippen LogP contribution in [0.1, 0.15) is 240 Å². The molecule has 2 N–H and O–H groups in total. The van der Waals surface area contributed by atoms with Crippen LogP contribution in [0.25, 0.3) is 29.3 Å². The van der Waals surface area contributed by atoms with Gasteiger partial charge in [-0.05, 0) is 85.5 Å². The van der Waals surface area contributed by atoms with Crippen LogP contribution in [0.15, 0.2) is 75.0 Å². The Kier molecular flexibility index (Phi) is 32.5. The molecule has 0 amide bonds. The average molecular weight is 1230 g/mol. The fraction of sp³-hybridized carbons (Fsp3) is 0.597. The molecule has 0 aliphatic heterocycles. The summed E-state index contributed by atoms with van der Waals surface area (Å²) in [5.41, 5.74) is -1.87. The summed E-state index contributed by atoms with van der Waals surface area (Å²) in [6.07, 6.45) is 37.4. The summed E-state index contributed by atoms with van der Waals surface area (Å²) in [5, 5.41) is 0. The second kappa shape index (κ2) is 40.2. The molecule has 0 spiro atoms. The van der Waals surface area contributed by atoms with Crippen molar-refractivity contribution < 1.29 is 33.3 Å². The minimum atomic E-state index is -0.902. The number of ether oxygens (including phenoxy) is 5. The van der Waals surface area contributed by atoms with E-state index in [0.717, 1.165) is 82.8 Å². The maximum atomic E-state index is 13.8. The van der Waals surface area contributed by atoms with Crippen molar-refractivity contribution in [2.24, 2.45) is 0 Å². The molecule has 0 aliphatic carbocycles. The number of aromatic nitrogens is 3. The van der Waals surface area contributed by atoms with Crippen LogP contribution in [-0.2, 0) is 34.0 Å². The maximum Gasteiger partial charge on any atom is 0.348 e. The smallest absolute Gasteiger partial charge is 0.348 e. The van der Waals surface area contributed by atoms with Gasteiger partial charge in [0.2, 0.25) is 5.75 Å². The molecule has 0 unspecified atom stereocenters. The van der Waals surface area contributed by atoms with E-state index in [9.17, 15) is 24.0 Å². The highest BCUT2D eigenvalue weighted by Crippen LogP contribution is 2.44. The quantitative estimate of drug-likeness (QED) is 0.0277. The summed E-state index contributed by atoms with van der Waals surface area (Å²) < 4.78 is 32.1. The van der Waals surface area contributed by atoms with Crippen LogP contribution in [0.2, 0.25) is 0 Å². The van der Waals surface area contributed by atoms with Crippen molar-refractivity contribution in [3.05, 3.63) is 107 Å². The van der Waals surface area contributed by atoms with Gasteiger partial charge in [0, 0.05) is 40.7 Å². The van der Waals surface area contributed by atoms with Gasteiger partial charge in [0.1, 0.15) is 18.1 Å². The Morgan fingerprint density at radius 1 is 0.429 bits per heavy atom. The second-order valence-corrected chi connectivity index (χ2v) is 26.5. The maximum absolute atomic E-state index is 13.8. The van der Waals surface area contributed by atoms with E-state index >= 15 is 0 Å². The van der Waals surface area contributed by atoms with Gasteiger partial charge in [-0.3, -0.25) is 14.8 Å². The number of nitrogens with zero attached hydrogens (tertiary/aromatic N) is 1. The van der Waals surface area contributed by atoms with Gasteiger partial charge in [-0.2, -0.15) is 0 Å². The molecule has 0 aliphatic rings. The third-order valence-corrected chi connectivity index (χ3v) is 19.8. The van der Waals surface area contributed by atoms with Crippen LogP contribution in [-0.4, -0.2) is 46.3 Å². The first-order valence-electron chi connectivity index (χ1n) is 31.9. The van der Waals surface area contributed by atoms with Gasteiger partial charge in [-0.25, -0.2) is 23.7 Å². The van der Waals surface area contributed by atoms with Crippen molar-refractivity contribution in [2.75, 3.05) is 19.8 Å². The summed E-state index contributed by atoms with van der Waals surface area (Å²) >= 11 is 6.28. The highest BCUT2D eigenvalue weighted by atomic mass is 32.1. The summed E-state index contributed by atoms with van der Waals surface area (Å²) in [6, 6.07) is 20.1. The molecule has 1 aromatic carbocycles. The van der Waals surface area contributed by atoms with E-state index in [-0.39, 0.29) is 32.1 Å². The molecular formula is C67H95N3O10S4. The van der Waals surface area contributed by atoms with E-state index in [1.54, 1.807) is 22.7 Å². The van der Waals surface area contributed by atoms with Crippen molar-refractivity contribution in [3.8, 4) is 46.5 Å². The van der Waals surface area contributed by atoms with Crippen molar-refractivity contribution in [1.29, 1.82) is 0 Å². The largest absolute Gasteiger partial charge is 0.490 e. The Bertz CT molecular complexity index is 2900. The van der Waals surface area contributed by atoms with E-state index in [1.807, 2.05) is 46.4 Å². The topological polar surface area (TPSA) is 168 Å². The van der Waals surface area contributed by atoms with Gasteiger partial charge in [-0.15, -0.1) is 45.3 Å². The molecule has 0 atom stereocenters. The zero-order chi connectivity index (χ0) is 59.4. The molecule has 6 rings (SSSR count). The lowest BCUT2D eigenvalue weighted by Gasteiger charge is -2.19. The van der Waals surface area contributed by atoms with E-state index in [4.69, 9.17) is 23.7 Å². The molecule has 5 heterocycles. The predicted octanol–water partition coefficient (Wildman–Crippen LogP) is 18.9. The summed E-state index contributed by atoms with van der Waals surface area (Å²) in [4.78, 5) is 73.2. The number of unbranched alkanes of at least 4 members (excludes halogenated alkanes) is 27. The van der Waals surface area contributed by atoms with Crippen LogP contribution in [0.3, 0.4) is 0 Å². The molecule has 5 aromatic heterocycles. The van der Waals surface area contributed by atoms with Crippen LogP contribution in [0, 0.1) is 0 Å². The van der Waals surface area contributed by atoms with Gasteiger partial charge in [0.15, 0.2) is 11.5 Å². The number of rotatable bonds is 47. The van der Waals surface area contributed by atoms with Crippen LogP contribution in [0.5, 0.6) is 17.2 Å². The normalized spacial score (nSPS) is 11.4. The fourth-order valence-corrected chi connectivity index (χ4v) is 14.2. The van der Waals surface area contributed by atoms with Crippen molar-refractivity contribution in [1.82, 2.24) is 14.5 Å². The number of hydrogen-bond donors (Lipinski definition) is 2. The van der Waals surface area contributed by atoms with E-state index in [1.165, 1.54) is 177 Å².